The van der Waals surface area contributed by atoms with Crippen LogP contribution in [0, 0.1) is 12.7 Å². The van der Waals surface area contributed by atoms with Crippen LogP contribution in [0.3, 0.4) is 0 Å². The molecule has 0 atom stereocenters. The molecule has 1 aromatic heterocycles. The molecule has 0 saturated heterocycles. The Balaban J connectivity index is 2.62. The van der Waals surface area contributed by atoms with Crippen LogP contribution in [0.15, 0.2) is 24.4 Å². The summed E-state index contributed by atoms with van der Waals surface area (Å²) in [6.07, 6.45) is 1.55. The Hall–Kier alpha value is -1.19. The average Bonchev–Trinajstić information content (AvgIpc) is 2.22. The third kappa shape index (κ3) is 2.15. The smallest absolute Gasteiger partial charge is 0.222 e. The highest BCUT2D eigenvalue weighted by molar-refractivity contribution is 6.30. The second-order valence-corrected chi connectivity index (χ2v) is 4.07. The van der Waals surface area contributed by atoms with Crippen LogP contribution in [0.4, 0.5) is 4.39 Å². The van der Waals surface area contributed by atoms with Crippen LogP contribution in [0.2, 0.25) is 10.3 Å². The van der Waals surface area contributed by atoms with Gasteiger partial charge in [-0.2, -0.15) is 0 Å². The van der Waals surface area contributed by atoms with E-state index in [1.165, 1.54) is 6.07 Å². The number of hydrogen-bond donors (Lipinski definition) is 0. The topological polar surface area (TPSA) is 25.8 Å². The number of rotatable bonds is 1. The largest absolute Gasteiger partial charge is 0.226 e. The summed E-state index contributed by atoms with van der Waals surface area (Å²) >= 11 is 11.4. The van der Waals surface area contributed by atoms with E-state index < -0.39 is 5.82 Å². The zero-order chi connectivity index (χ0) is 11.7. The maximum Gasteiger partial charge on any atom is 0.222 e. The number of benzene rings is 1. The molecular weight excluding hydrogens is 250 g/mol. The van der Waals surface area contributed by atoms with Gasteiger partial charge in [-0.25, -0.2) is 14.4 Å². The highest BCUT2D eigenvalue weighted by Gasteiger charge is 2.10. The molecule has 0 saturated carbocycles. The first-order valence-corrected chi connectivity index (χ1v) is 5.28. The number of nitrogens with zero attached hydrogens (tertiary/aromatic N) is 2. The molecule has 82 valence electrons. The summed E-state index contributed by atoms with van der Waals surface area (Å²) in [6, 6.07) is 4.42. The lowest BCUT2D eigenvalue weighted by Gasteiger charge is -2.06. The van der Waals surface area contributed by atoms with Crippen LogP contribution in [0.5, 0.6) is 0 Å². The van der Waals surface area contributed by atoms with Gasteiger partial charge in [0.15, 0.2) is 0 Å². The van der Waals surface area contributed by atoms with Crippen LogP contribution in [0.25, 0.3) is 11.3 Å². The molecule has 0 spiro atoms. The second kappa shape index (κ2) is 4.36. The molecule has 0 aliphatic heterocycles. The molecule has 0 aliphatic rings. The van der Waals surface area contributed by atoms with Crippen LogP contribution < -0.4 is 0 Å². The molecule has 0 amide bonds. The molecule has 2 aromatic rings. The minimum atomic E-state index is -0.426. The van der Waals surface area contributed by atoms with E-state index in [-0.39, 0.29) is 5.28 Å². The molecule has 0 radical (unpaired) electrons. The Morgan fingerprint density at radius 1 is 1.25 bits per heavy atom. The van der Waals surface area contributed by atoms with Gasteiger partial charge in [-0.15, -0.1) is 0 Å². The van der Waals surface area contributed by atoms with E-state index in [1.807, 2.05) is 0 Å². The third-order valence-corrected chi connectivity index (χ3v) is 2.55. The van der Waals surface area contributed by atoms with E-state index in [0.29, 0.717) is 16.3 Å². The summed E-state index contributed by atoms with van der Waals surface area (Å²) in [7, 11) is 0. The minimum Gasteiger partial charge on any atom is -0.226 e. The highest BCUT2D eigenvalue weighted by Crippen LogP contribution is 2.26. The first-order valence-electron chi connectivity index (χ1n) is 4.52. The molecule has 1 heterocycles. The van der Waals surface area contributed by atoms with Crippen molar-refractivity contribution in [1.29, 1.82) is 0 Å². The molecule has 2 nitrogen and oxygen atoms in total. The summed E-state index contributed by atoms with van der Waals surface area (Å²) in [6.45, 7) is 1.79. The van der Waals surface area contributed by atoms with Gasteiger partial charge >= 0.3 is 0 Å². The number of hydrogen-bond acceptors (Lipinski definition) is 2. The lowest BCUT2D eigenvalue weighted by atomic mass is 10.1. The standard InChI is InChI=1S/C11H7Cl2FN2/c1-6-5-15-11(13)16-10(6)8-3-2-7(12)4-9(8)14/h2-5H,1H3. The molecule has 16 heavy (non-hydrogen) atoms. The molecule has 0 bridgehead atoms. The quantitative estimate of drug-likeness (QED) is 0.724. The summed E-state index contributed by atoms with van der Waals surface area (Å²) in [4.78, 5) is 7.82. The Bertz CT molecular complexity index is 544. The molecule has 0 aliphatic carbocycles. The SMILES string of the molecule is Cc1cnc(Cl)nc1-c1ccc(Cl)cc1F. The van der Waals surface area contributed by atoms with Crippen molar-refractivity contribution in [3.63, 3.8) is 0 Å². The molecule has 5 heteroatoms. The average molecular weight is 257 g/mol. The van der Waals surface area contributed by atoms with Gasteiger partial charge in [-0.3, -0.25) is 0 Å². The van der Waals surface area contributed by atoms with Crippen molar-refractivity contribution in [3.05, 3.63) is 46.1 Å². The van der Waals surface area contributed by atoms with E-state index in [2.05, 4.69) is 9.97 Å². The number of aryl methyl sites for hydroxylation is 1. The van der Waals surface area contributed by atoms with Crippen molar-refractivity contribution < 1.29 is 4.39 Å². The lowest BCUT2D eigenvalue weighted by Crippen LogP contribution is -1.94. The van der Waals surface area contributed by atoms with Crippen molar-refractivity contribution in [2.45, 2.75) is 6.92 Å². The molecular formula is C11H7Cl2FN2. The van der Waals surface area contributed by atoms with E-state index >= 15 is 0 Å². The van der Waals surface area contributed by atoms with Crippen molar-refractivity contribution in [2.24, 2.45) is 0 Å². The van der Waals surface area contributed by atoms with Crippen molar-refractivity contribution >= 4 is 23.2 Å². The second-order valence-electron chi connectivity index (χ2n) is 3.29. The van der Waals surface area contributed by atoms with E-state index in [1.54, 1.807) is 25.3 Å². The maximum atomic E-state index is 13.7. The fourth-order valence-electron chi connectivity index (χ4n) is 1.37. The Labute approximate surface area is 102 Å². The van der Waals surface area contributed by atoms with Gasteiger partial charge in [0.1, 0.15) is 5.82 Å². The Kier molecular flexibility index (Phi) is 3.08. The zero-order valence-electron chi connectivity index (χ0n) is 8.34. The van der Waals surface area contributed by atoms with E-state index in [0.717, 1.165) is 5.56 Å². The monoisotopic (exact) mass is 256 g/mol. The Morgan fingerprint density at radius 3 is 2.69 bits per heavy atom. The molecule has 0 unspecified atom stereocenters. The summed E-state index contributed by atoms with van der Waals surface area (Å²) in [5, 5.41) is 0.439. The van der Waals surface area contributed by atoms with Gasteiger partial charge < -0.3 is 0 Å². The van der Waals surface area contributed by atoms with Gasteiger partial charge in [0.2, 0.25) is 5.28 Å². The lowest BCUT2D eigenvalue weighted by molar-refractivity contribution is 0.630. The van der Waals surface area contributed by atoms with Gasteiger partial charge in [0.05, 0.1) is 5.69 Å². The van der Waals surface area contributed by atoms with Gasteiger partial charge in [0.25, 0.3) is 0 Å². The van der Waals surface area contributed by atoms with Crippen LogP contribution >= 0.6 is 23.2 Å². The van der Waals surface area contributed by atoms with Gasteiger partial charge in [-0.05, 0) is 42.3 Å². The minimum absolute atomic E-state index is 0.0925. The van der Waals surface area contributed by atoms with Crippen molar-refractivity contribution in [1.82, 2.24) is 9.97 Å². The molecule has 0 N–H and O–H groups in total. The normalized spacial score (nSPS) is 10.5. The van der Waals surface area contributed by atoms with Crippen molar-refractivity contribution in [2.75, 3.05) is 0 Å². The van der Waals surface area contributed by atoms with Crippen LogP contribution in [-0.4, -0.2) is 9.97 Å². The Morgan fingerprint density at radius 2 is 2.00 bits per heavy atom. The van der Waals surface area contributed by atoms with E-state index in [4.69, 9.17) is 23.2 Å². The number of aromatic nitrogens is 2. The zero-order valence-corrected chi connectivity index (χ0v) is 9.85. The van der Waals surface area contributed by atoms with Gasteiger partial charge in [0, 0.05) is 16.8 Å². The van der Waals surface area contributed by atoms with E-state index in [9.17, 15) is 4.39 Å². The molecule has 0 fully saturated rings. The van der Waals surface area contributed by atoms with Crippen molar-refractivity contribution in [3.8, 4) is 11.3 Å². The highest BCUT2D eigenvalue weighted by atomic mass is 35.5. The number of halogens is 3. The molecule has 2 rings (SSSR count). The predicted molar refractivity (Wildman–Crippen MR) is 62.2 cm³/mol. The predicted octanol–water partition coefficient (Wildman–Crippen LogP) is 3.90. The first-order chi connectivity index (χ1) is 7.58. The summed E-state index contributed by atoms with van der Waals surface area (Å²) in [5.41, 5.74) is 1.60. The molecule has 1 aromatic carbocycles. The van der Waals surface area contributed by atoms with Crippen LogP contribution in [-0.2, 0) is 0 Å². The maximum absolute atomic E-state index is 13.7. The first kappa shape index (κ1) is 11.3. The fourth-order valence-corrected chi connectivity index (χ4v) is 1.67. The summed E-state index contributed by atoms with van der Waals surface area (Å²) < 4.78 is 13.7. The third-order valence-electron chi connectivity index (χ3n) is 2.13. The summed E-state index contributed by atoms with van der Waals surface area (Å²) in [5.74, 6) is -0.426. The van der Waals surface area contributed by atoms with Gasteiger partial charge in [-0.1, -0.05) is 11.6 Å². The van der Waals surface area contributed by atoms with Crippen LogP contribution in [0.1, 0.15) is 5.56 Å². The fraction of sp³-hybridized carbons (Fsp3) is 0.0909.